The Bertz CT molecular complexity index is 620. The fourth-order valence-electron chi connectivity index (χ4n) is 1.49. The average Bonchev–Trinajstić information content (AvgIpc) is 2.51. The van der Waals surface area contributed by atoms with Gasteiger partial charge in [-0.15, -0.1) is 0 Å². The summed E-state index contributed by atoms with van der Waals surface area (Å²) in [5, 5.41) is 0. The fourth-order valence-corrected chi connectivity index (χ4v) is 1.86. The van der Waals surface area contributed by atoms with Crippen LogP contribution in [0.1, 0.15) is 11.1 Å². The molecule has 0 N–H and O–H groups in total. The van der Waals surface area contributed by atoms with Gasteiger partial charge in [0.15, 0.2) is 12.5 Å². The van der Waals surface area contributed by atoms with Gasteiger partial charge in [0, 0.05) is 4.57 Å². The highest BCUT2D eigenvalue weighted by Gasteiger charge is 2.16. The van der Waals surface area contributed by atoms with E-state index in [9.17, 15) is 13.3 Å². The molecular formula is C16H12F2O3P+. The number of hydrogen-bond acceptors (Lipinski definition) is 3. The lowest BCUT2D eigenvalue weighted by Gasteiger charge is -1.91. The molecule has 6 heteroatoms. The highest BCUT2D eigenvalue weighted by atomic mass is 31.1. The van der Waals surface area contributed by atoms with Crippen LogP contribution in [0.4, 0.5) is 8.78 Å². The van der Waals surface area contributed by atoms with Crippen LogP contribution < -0.4 is 0 Å². The normalized spacial score (nSPS) is 11.8. The summed E-state index contributed by atoms with van der Waals surface area (Å²) < 4.78 is 46.5. The van der Waals surface area contributed by atoms with Gasteiger partial charge in [-0.25, -0.2) is 17.8 Å². The smallest absolute Gasteiger partial charge is 0.230 e. The predicted molar refractivity (Wildman–Crippen MR) is 80.6 cm³/mol. The summed E-state index contributed by atoms with van der Waals surface area (Å²) in [6.07, 6.45) is 5.47. The maximum atomic E-state index is 12.7. The second-order valence-electron chi connectivity index (χ2n) is 4.14. The minimum absolute atomic E-state index is 0.335. The molecule has 2 aromatic carbocycles. The topological polar surface area (TPSA) is 35.5 Å². The van der Waals surface area contributed by atoms with Crippen LogP contribution >= 0.6 is 8.25 Å². The van der Waals surface area contributed by atoms with Crippen LogP contribution in [-0.4, -0.2) is 0 Å². The molecule has 0 amide bonds. The van der Waals surface area contributed by atoms with Crippen LogP contribution in [0, 0.1) is 11.6 Å². The van der Waals surface area contributed by atoms with Crippen molar-refractivity contribution in [3.63, 3.8) is 0 Å². The van der Waals surface area contributed by atoms with Gasteiger partial charge in [-0.05, 0) is 47.5 Å². The van der Waals surface area contributed by atoms with Crippen molar-refractivity contribution in [2.75, 3.05) is 0 Å². The van der Waals surface area contributed by atoms with Crippen molar-refractivity contribution in [1.82, 2.24) is 0 Å². The zero-order valence-corrected chi connectivity index (χ0v) is 12.3. The molecule has 0 aromatic heterocycles. The zero-order valence-electron chi connectivity index (χ0n) is 11.4. The van der Waals surface area contributed by atoms with E-state index in [-0.39, 0.29) is 11.6 Å². The van der Waals surface area contributed by atoms with Crippen molar-refractivity contribution in [1.29, 1.82) is 0 Å². The Hall–Kier alpha value is -2.52. The number of hydrogen-bond donors (Lipinski definition) is 0. The maximum absolute atomic E-state index is 12.7. The summed E-state index contributed by atoms with van der Waals surface area (Å²) in [6.45, 7) is 0. The third-order valence-corrected chi connectivity index (χ3v) is 3.14. The summed E-state index contributed by atoms with van der Waals surface area (Å²) in [7, 11) is -2.36. The molecule has 3 nitrogen and oxygen atoms in total. The second-order valence-corrected chi connectivity index (χ2v) is 5.01. The minimum atomic E-state index is -2.36. The Morgan fingerprint density at radius 1 is 0.727 bits per heavy atom. The Balaban J connectivity index is 1.78. The Morgan fingerprint density at radius 2 is 1.09 bits per heavy atom. The Morgan fingerprint density at radius 3 is 1.45 bits per heavy atom. The van der Waals surface area contributed by atoms with Gasteiger partial charge >= 0.3 is 8.25 Å². The maximum Gasteiger partial charge on any atom is 0.804 e. The van der Waals surface area contributed by atoms with E-state index >= 15 is 0 Å². The standard InChI is InChI=1S/C16H12F2O3P/c17-15-5-1-13(2-6-15)9-11-20-22(19)21-12-10-14-3-7-16(18)8-4-14/h1-12H/q+1. The molecule has 0 aliphatic heterocycles. The quantitative estimate of drug-likeness (QED) is 0.535. The van der Waals surface area contributed by atoms with Gasteiger partial charge in [0.1, 0.15) is 11.6 Å². The highest BCUT2D eigenvalue weighted by Crippen LogP contribution is 2.25. The molecule has 0 saturated heterocycles. The van der Waals surface area contributed by atoms with E-state index in [1.165, 1.54) is 48.9 Å². The van der Waals surface area contributed by atoms with Crippen LogP contribution in [-0.2, 0) is 13.6 Å². The van der Waals surface area contributed by atoms with Crippen molar-refractivity contribution in [3.8, 4) is 0 Å². The lowest BCUT2D eigenvalue weighted by Crippen LogP contribution is -1.76. The van der Waals surface area contributed by atoms with Crippen LogP contribution in [0.2, 0.25) is 0 Å². The first-order valence-corrected chi connectivity index (χ1v) is 7.38. The van der Waals surface area contributed by atoms with Crippen molar-refractivity contribution in [3.05, 3.63) is 83.8 Å². The molecule has 2 aromatic rings. The van der Waals surface area contributed by atoms with Gasteiger partial charge in [-0.1, -0.05) is 24.3 Å². The lowest BCUT2D eigenvalue weighted by atomic mass is 10.2. The number of benzene rings is 2. The molecular weight excluding hydrogens is 309 g/mol. The third-order valence-electron chi connectivity index (χ3n) is 2.55. The van der Waals surface area contributed by atoms with Crippen molar-refractivity contribution in [2.45, 2.75) is 0 Å². The molecule has 112 valence electrons. The van der Waals surface area contributed by atoms with E-state index in [1.54, 1.807) is 24.3 Å². The first-order chi connectivity index (χ1) is 10.6. The van der Waals surface area contributed by atoms with E-state index in [2.05, 4.69) is 0 Å². The van der Waals surface area contributed by atoms with E-state index in [0.29, 0.717) is 11.1 Å². The van der Waals surface area contributed by atoms with Gasteiger partial charge in [0.2, 0.25) is 0 Å². The number of halogens is 2. The zero-order chi connectivity index (χ0) is 15.8. The molecule has 2 rings (SSSR count). The van der Waals surface area contributed by atoms with Gasteiger partial charge in [0.25, 0.3) is 0 Å². The summed E-state index contributed by atoms with van der Waals surface area (Å²) >= 11 is 0. The molecule has 0 unspecified atom stereocenters. The first kappa shape index (κ1) is 15.9. The predicted octanol–water partition coefficient (Wildman–Crippen LogP) is 5.30. The summed E-state index contributed by atoms with van der Waals surface area (Å²) in [6, 6.07) is 11.4. The average molecular weight is 321 g/mol. The van der Waals surface area contributed by atoms with E-state index < -0.39 is 8.25 Å². The van der Waals surface area contributed by atoms with E-state index in [0.717, 1.165) is 0 Å². The first-order valence-electron chi connectivity index (χ1n) is 6.28. The molecule has 0 radical (unpaired) electrons. The molecule has 0 atom stereocenters. The van der Waals surface area contributed by atoms with Crippen LogP contribution in [0.15, 0.2) is 61.1 Å². The monoisotopic (exact) mass is 321 g/mol. The third kappa shape index (κ3) is 5.46. The van der Waals surface area contributed by atoms with Gasteiger partial charge in [0.05, 0.1) is 0 Å². The largest absolute Gasteiger partial charge is 0.804 e. The Kier molecular flexibility index (Phi) is 5.81. The molecule has 0 aliphatic carbocycles. The SMILES string of the molecule is O=[P+](OC=Cc1ccc(F)cc1)OC=Cc1ccc(F)cc1. The van der Waals surface area contributed by atoms with E-state index in [1.807, 2.05) is 0 Å². The number of rotatable bonds is 6. The summed E-state index contributed by atoms with van der Waals surface area (Å²) in [5.41, 5.74) is 1.40. The lowest BCUT2D eigenvalue weighted by molar-refractivity contribution is 0.358. The van der Waals surface area contributed by atoms with Gasteiger partial charge < -0.3 is 0 Å². The van der Waals surface area contributed by atoms with Crippen LogP contribution in [0.5, 0.6) is 0 Å². The molecule has 0 aliphatic rings. The molecule has 0 bridgehead atoms. The second kappa shape index (κ2) is 8.05. The van der Waals surface area contributed by atoms with Gasteiger partial charge in [-0.3, -0.25) is 0 Å². The highest BCUT2D eigenvalue weighted by molar-refractivity contribution is 7.33. The van der Waals surface area contributed by atoms with Crippen molar-refractivity contribution in [2.24, 2.45) is 0 Å². The minimum Gasteiger partial charge on any atom is -0.230 e. The molecule has 0 saturated carbocycles. The van der Waals surface area contributed by atoms with Crippen LogP contribution in [0.25, 0.3) is 12.2 Å². The van der Waals surface area contributed by atoms with Gasteiger partial charge in [-0.2, -0.15) is 0 Å². The van der Waals surface area contributed by atoms with E-state index in [4.69, 9.17) is 9.05 Å². The van der Waals surface area contributed by atoms with Crippen LogP contribution in [0.3, 0.4) is 0 Å². The fraction of sp³-hybridized carbons (Fsp3) is 0. The Labute approximate surface area is 127 Å². The van der Waals surface area contributed by atoms with Crippen molar-refractivity contribution >= 4 is 20.4 Å². The molecule has 22 heavy (non-hydrogen) atoms. The summed E-state index contributed by atoms with van der Waals surface area (Å²) in [4.78, 5) is 0. The molecule has 0 spiro atoms. The molecule has 0 fully saturated rings. The van der Waals surface area contributed by atoms with Crippen molar-refractivity contribution < 1.29 is 22.4 Å². The molecule has 0 heterocycles. The summed E-state index contributed by atoms with van der Waals surface area (Å²) in [5.74, 6) is -0.670.